The first-order valence-corrected chi connectivity index (χ1v) is 7.27. The van der Waals surface area contributed by atoms with Crippen molar-refractivity contribution >= 4 is 0 Å². The van der Waals surface area contributed by atoms with Crippen LogP contribution in [0.1, 0.15) is 41.5 Å². The van der Waals surface area contributed by atoms with Crippen LogP contribution in [0.25, 0.3) is 11.3 Å². The summed E-state index contributed by atoms with van der Waals surface area (Å²) in [5.74, 6) is 3.81. The van der Waals surface area contributed by atoms with Gasteiger partial charge >= 0.3 is 0 Å². The van der Waals surface area contributed by atoms with Crippen molar-refractivity contribution in [2.75, 3.05) is 6.54 Å². The topological polar surface area (TPSA) is 40.7 Å². The Bertz CT molecular complexity index is 700. The number of hydrogen-bond acceptors (Lipinski definition) is 2. The zero-order valence-corrected chi connectivity index (χ0v) is 11.4. The molecular formula is C17H17N3. The minimum absolute atomic E-state index is 0.397. The molecule has 1 aromatic carbocycles. The Balaban J connectivity index is 1.78. The van der Waals surface area contributed by atoms with Gasteiger partial charge in [-0.05, 0) is 49.9 Å². The summed E-state index contributed by atoms with van der Waals surface area (Å²) in [5, 5.41) is 3.50. The van der Waals surface area contributed by atoms with Crippen LogP contribution in [0.2, 0.25) is 0 Å². The Morgan fingerprint density at radius 2 is 2.25 bits per heavy atom. The predicted octanol–water partition coefficient (Wildman–Crippen LogP) is 2.58. The van der Waals surface area contributed by atoms with Gasteiger partial charge in [-0.1, -0.05) is 12.0 Å². The first kappa shape index (κ1) is 11.7. The third-order valence-corrected chi connectivity index (χ3v) is 4.36. The van der Waals surface area contributed by atoms with Gasteiger partial charge in [0.1, 0.15) is 5.82 Å². The molecule has 2 aromatic rings. The van der Waals surface area contributed by atoms with Gasteiger partial charge in [0.25, 0.3) is 0 Å². The molecule has 4 rings (SSSR count). The average molecular weight is 263 g/mol. The average Bonchev–Trinajstić information content (AvgIpc) is 3.15. The molecule has 1 aliphatic carbocycles. The fourth-order valence-electron chi connectivity index (χ4n) is 3.30. The first-order chi connectivity index (χ1) is 9.85. The maximum absolute atomic E-state index is 5.48. The van der Waals surface area contributed by atoms with Crippen LogP contribution in [-0.2, 0) is 12.8 Å². The van der Waals surface area contributed by atoms with Gasteiger partial charge < -0.3 is 10.3 Å². The number of fused-ring (bicyclic) bond motifs is 3. The van der Waals surface area contributed by atoms with E-state index >= 15 is 0 Å². The molecule has 1 fully saturated rings. The molecule has 1 aliphatic heterocycles. The number of aryl methyl sites for hydroxylation is 2. The molecule has 0 bridgehead atoms. The van der Waals surface area contributed by atoms with Gasteiger partial charge in [-0.25, -0.2) is 4.98 Å². The molecule has 0 spiro atoms. The number of terminal acetylenes is 1. The monoisotopic (exact) mass is 263 g/mol. The Hall–Kier alpha value is -2.05. The van der Waals surface area contributed by atoms with Crippen LogP contribution in [0.4, 0.5) is 0 Å². The molecule has 0 unspecified atom stereocenters. The van der Waals surface area contributed by atoms with Gasteiger partial charge in [0.15, 0.2) is 0 Å². The minimum Gasteiger partial charge on any atom is -0.344 e. The van der Waals surface area contributed by atoms with Crippen molar-refractivity contribution in [3.63, 3.8) is 0 Å². The molecule has 2 heterocycles. The lowest BCUT2D eigenvalue weighted by molar-refractivity contribution is 0.611. The third-order valence-electron chi connectivity index (χ3n) is 4.36. The molecule has 1 saturated heterocycles. The number of imidazole rings is 1. The van der Waals surface area contributed by atoms with E-state index in [4.69, 9.17) is 11.4 Å². The Morgan fingerprint density at radius 3 is 3.05 bits per heavy atom. The fraction of sp³-hybridized carbons (Fsp3) is 0.353. The van der Waals surface area contributed by atoms with Gasteiger partial charge in [-0.3, -0.25) is 0 Å². The standard InChI is InChI=1S/C17H17N3/c1-2-11-5-7-13-12(10-11)6-8-14-16(13)20-17(19-14)15-4-3-9-18-15/h1,5,7,10,15,18H,3-4,6,8-9H2,(H,19,20)/t15-/m0/s1. The summed E-state index contributed by atoms with van der Waals surface area (Å²) >= 11 is 0. The number of rotatable bonds is 1. The lowest BCUT2D eigenvalue weighted by atomic mass is 9.91. The molecule has 1 aromatic heterocycles. The number of H-pyrrole nitrogens is 1. The summed E-state index contributed by atoms with van der Waals surface area (Å²) in [6.45, 7) is 1.10. The van der Waals surface area contributed by atoms with Crippen LogP contribution in [-0.4, -0.2) is 16.5 Å². The first-order valence-electron chi connectivity index (χ1n) is 7.27. The number of nitrogens with zero attached hydrogens (tertiary/aromatic N) is 1. The van der Waals surface area contributed by atoms with E-state index in [1.165, 1.54) is 29.7 Å². The quantitative estimate of drug-likeness (QED) is 0.776. The summed E-state index contributed by atoms with van der Waals surface area (Å²) < 4.78 is 0. The number of aromatic amines is 1. The van der Waals surface area contributed by atoms with E-state index in [-0.39, 0.29) is 0 Å². The maximum Gasteiger partial charge on any atom is 0.124 e. The highest BCUT2D eigenvalue weighted by Crippen LogP contribution is 2.34. The van der Waals surface area contributed by atoms with Crippen molar-refractivity contribution in [2.45, 2.75) is 31.7 Å². The summed E-state index contributed by atoms with van der Waals surface area (Å²) in [6, 6.07) is 6.65. The number of nitrogens with one attached hydrogen (secondary N) is 2. The van der Waals surface area contributed by atoms with Crippen molar-refractivity contribution in [1.82, 2.24) is 15.3 Å². The van der Waals surface area contributed by atoms with E-state index in [0.29, 0.717) is 6.04 Å². The molecule has 20 heavy (non-hydrogen) atoms. The van der Waals surface area contributed by atoms with Crippen molar-refractivity contribution in [3.8, 4) is 23.6 Å². The SMILES string of the molecule is C#Cc1ccc2c(c1)CCc1[nH]c([C@@H]3CCCN3)nc1-2. The number of hydrogen-bond donors (Lipinski definition) is 2. The molecule has 100 valence electrons. The van der Waals surface area contributed by atoms with Gasteiger partial charge in [0.2, 0.25) is 0 Å². The van der Waals surface area contributed by atoms with Gasteiger partial charge in [0, 0.05) is 16.8 Å². The second kappa shape index (κ2) is 4.50. The van der Waals surface area contributed by atoms with E-state index in [2.05, 4.69) is 28.4 Å². The maximum atomic E-state index is 5.48. The lowest BCUT2D eigenvalue weighted by Gasteiger charge is -2.15. The normalized spacial score (nSPS) is 20.2. The second-order valence-corrected chi connectivity index (χ2v) is 5.61. The van der Waals surface area contributed by atoms with Crippen LogP contribution >= 0.6 is 0 Å². The fourth-order valence-corrected chi connectivity index (χ4v) is 3.30. The van der Waals surface area contributed by atoms with Crippen LogP contribution in [0.3, 0.4) is 0 Å². The van der Waals surface area contributed by atoms with Gasteiger partial charge in [-0.15, -0.1) is 6.42 Å². The highest BCUT2D eigenvalue weighted by atomic mass is 15.0. The summed E-state index contributed by atoms with van der Waals surface area (Å²) in [4.78, 5) is 8.39. The van der Waals surface area contributed by atoms with E-state index in [1.807, 2.05) is 6.07 Å². The van der Waals surface area contributed by atoms with Gasteiger partial charge in [-0.2, -0.15) is 0 Å². The van der Waals surface area contributed by atoms with E-state index in [9.17, 15) is 0 Å². The zero-order valence-electron chi connectivity index (χ0n) is 11.4. The minimum atomic E-state index is 0.397. The lowest BCUT2D eigenvalue weighted by Crippen LogP contribution is -2.14. The number of benzene rings is 1. The predicted molar refractivity (Wildman–Crippen MR) is 79.3 cm³/mol. The van der Waals surface area contributed by atoms with Crippen LogP contribution in [0.15, 0.2) is 18.2 Å². The van der Waals surface area contributed by atoms with Gasteiger partial charge in [0.05, 0.1) is 11.7 Å². The summed E-state index contributed by atoms with van der Waals surface area (Å²) in [6.07, 6.45) is 9.96. The molecule has 0 amide bonds. The van der Waals surface area contributed by atoms with Crippen molar-refractivity contribution in [1.29, 1.82) is 0 Å². The highest BCUT2D eigenvalue weighted by molar-refractivity contribution is 5.70. The van der Waals surface area contributed by atoms with Crippen LogP contribution in [0.5, 0.6) is 0 Å². The molecule has 0 saturated carbocycles. The second-order valence-electron chi connectivity index (χ2n) is 5.61. The molecule has 3 heteroatoms. The van der Waals surface area contributed by atoms with E-state index < -0.39 is 0 Å². The third kappa shape index (κ3) is 1.76. The zero-order chi connectivity index (χ0) is 13.5. The van der Waals surface area contributed by atoms with Crippen LogP contribution < -0.4 is 5.32 Å². The Kier molecular flexibility index (Phi) is 2.64. The molecule has 3 nitrogen and oxygen atoms in total. The van der Waals surface area contributed by atoms with E-state index in [0.717, 1.165) is 36.5 Å². The molecule has 0 radical (unpaired) electrons. The van der Waals surface area contributed by atoms with E-state index in [1.54, 1.807) is 0 Å². The van der Waals surface area contributed by atoms with Crippen molar-refractivity contribution in [2.24, 2.45) is 0 Å². The van der Waals surface area contributed by atoms with Crippen molar-refractivity contribution < 1.29 is 0 Å². The smallest absolute Gasteiger partial charge is 0.124 e. The largest absolute Gasteiger partial charge is 0.344 e. The summed E-state index contributed by atoms with van der Waals surface area (Å²) in [7, 11) is 0. The van der Waals surface area contributed by atoms with Crippen molar-refractivity contribution in [3.05, 3.63) is 40.8 Å². The Labute approximate surface area is 118 Å². The molecule has 2 N–H and O–H groups in total. The Morgan fingerprint density at radius 1 is 1.30 bits per heavy atom. The highest BCUT2D eigenvalue weighted by Gasteiger charge is 2.25. The molecule has 2 aliphatic rings. The number of aromatic nitrogens is 2. The summed E-state index contributed by atoms with van der Waals surface area (Å²) in [5.41, 5.74) is 5.92. The molecule has 1 atom stereocenters. The van der Waals surface area contributed by atoms with Crippen LogP contribution in [0, 0.1) is 12.3 Å². The molecular weight excluding hydrogens is 246 g/mol.